The van der Waals surface area contributed by atoms with Gasteiger partial charge in [0.2, 0.25) is 10.0 Å². The van der Waals surface area contributed by atoms with Crippen molar-refractivity contribution in [2.75, 3.05) is 39.5 Å². The molecule has 0 aromatic rings. The molecular formula is C19H38N4O2S. The molecule has 0 atom stereocenters. The molecular weight excluding hydrogens is 348 g/mol. The Balaban J connectivity index is 1.76. The zero-order chi connectivity index (χ0) is 19.2. The van der Waals surface area contributed by atoms with Gasteiger partial charge in [0, 0.05) is 33.2 Å². The number of nitrogens with zero attached hydrogens (tertiary/aromatic N) is 2. The quantitative estimate of drug-likeness (QED) is 0.521. The highest BCUT2D eigenvalue weighted by Gasteiger charge is 2.34. The fourth-order valence-corrected chi connectivity index (χ4v) is 5.50. The summed E-state index contributed by atoms with van der Waals surface area (Å²) in [5.41, 5.74) is 0.423. The van der Waals surface area contributed by atoms with Crippen LogP contribution in [0.2, 0.25) is 0 Å². The second-order valence-corrected chi connectivity index (χ2v) is 10.7. The largest absolute Gasteiger partial charge is 0.356 e. The SMILES string of the molecule is CN=C(NCC1CCN(S(C)(=O)=O)CC1)NCC1(CC(C)C)CCCC1. The maximum atomic E-state index is 11.6. The molecule has 26 heavy (non-hydrogen) atoms. The van der Waals surface area contributed by atoms with Gasteiger partial charge >= 0.3 is 0 Å². The summed E-state index contributed by atoms with van der Waals surface area (Å²) < 4.78 is 24.8. The van der Waals surface area contributed by atoms with E-state index in [1.807, 2.05) is 7.05 Å². The maximum absolute atomic E-state index is 11.6. The van der Waals surface area contributed by atoms with E-state index in [2.05, 4.69) is 29.5 Å². The monoisotopic (exact) mass is 386 g/mol. The summed E-state index contributed by atoms with van der Waals surface area (Å²) in [4.78, 5) is 4.39. The molecule has 1 aliphatic carbocycles. The molecule has 0 unspecified atom stereocenters. The summed E-state index contributed by atoms with van der Waals surface area (Å²) in [7, 11) is -1.22. The van der Waals surface area contributed by atoms with E-state index < -0.39 is 10.0 Å². The third-order valence-corrected chi connectivity index (χ3v) is 7.26. The van der Waals surface area contributed by atoms with Crippen LogP contribution in [0.15, 0.2) is 4.99 Å². The Hall–Kier alpha value is -0.820. The van der Waals surface area contributed by atoms with Crippen LogP contribution in [0, 0.1) is 17.3 Å². The van der Waals surface area contributed by atoms with Crippen molar-refractivity contribution < 1.29 is 8.42 Å². The lowest BCUT2D eigenvalue weighted by Crippen LogP contribution is -2.46. The molecule has 0 spiro atoms. The Kier molecular flexibility index (Phi) is 7.76. The van der Waals surface area contributed by atoms with Crippen molar-refractivity contribution >= 4 is 16.0 Å². The summed E-state index contributed by atoms with van der Waals surface area (Å²) in [6.07, 6.45) is 9.73. The molecule has 0 bridgehead atoms. The number of nitrogens with one attached hydrogen (secondary N) is 2. The highest BCUT2D eigenvalue weighted by atomic mass is 32.2. The first-order valence-electron chi connectivity index (χ1n) is 10.1. The lowest BCUT2D eigenvalue weighted by atomic mass is 9.78. The number of hydrogen-bond donors (Lipinski definition) is 2. The standard InChI is InChI=1S/C19H38N4O2S/c1-16(2)13-19(9-5-6-10-19)15-22-18(20-3)21-14-17-7-11-23(12-8-17)26(4,24)25/h16-17H,5-15H2,1-4H3,(H2,20,21,22). The molecule has 0 aromatic heterocycles. The molecule has 7 heteroatoms. The summed E-state index contributed by atoms with van der Waals surface area (Å²) >= 11 is 0. The maximum Gasteiger partial charge on any atom is 0.211 e. The second-order valence-electron chi connectivity index (χ2n) is 8.72. The molecule has 6 nitrogen and oxygen atoms in total. The predicted octanol–water partition coefficient (Wildman–Crippen LogP) is 2.43. The van der Waals surface area contributed by atoms with Crippen LogP contribution in [0.25, 0.3) is 0 Å². The lowest BCUT2D eigenvalue weighted by Gasteiger charge is -2.33. The second kappa shape index (κ2) is 9.40. The smallest absolute Gasteiger partial charge is 0.211 e. The molecule has 1 aliphatic heterocycles. The first kappa shape index (κ1) is 21.5. The summed E-state index contributed by atoms with van der Waals surface area (Å²) in [6, 6.07) is 0. The van der Waals surface area contributed by atoms with Gasteiger partial charge in [-0.3, -0.25) is 4.99 Å². The molecule has 2 rings (SSSR count). The van der Waals surface area contributed by atoms with E-state index in [1.165, 1.54) is 38.4 Å². The number of sulfonamides is 1. The van der Waals surface area contributed by atoms with Crippen molar-refractivity contribution in [3.8, 4) is 0 Å². The molecule has 1 saturated heterocycles. The van der Waals surface area contributed by atoms with Crippen LogP contribution in [0.1, 0.15) is 58.8 Å². The highest BCUT2D eigenvalue weighted by molar-refractivity contribution is 7.88. The third-order valence-electron chi connectivity index (χ3n) is 5.96. The molecule has 0 radical (unpaired) electrons. The van der Waals surface area contributed by atoms with Crippen LogP contribution in [-0.4, -0.2) is 58.2 Å². The van der Waals surface area contributed by atoms with E-state index in [-0.39, 0.29) is 0 Å². The van der Waals surface area contributed by atoms with E-state index in [4.69, 9.17) is 0 Å². The number of guanidine groups is 1. The lowest BCUT2D eigenvalue weighted by molar-refractivity contribution is 0.234. The van der Waals surface area contributed by atoms with Crippen LogP contribution >= 0.6 is 0 Å². The van der Waals surface area contributed by atoms with Crippen LogP contribution in [0.5, 0.6) is 0 Å². The van der Waals surface area contributed by atoms with Crippen LogP contribution in [0.4, 0.5) is 0 Å². The van der Waals surface area contributed by atoms with Gasteiger partial charge in [0.1, 0.15) is 0 Å². The van der Waals surface area contributed by atoms with Crippen LogP contribution in [0.3, 0.4) is 0 Å². The van der Waals surface area contributed by atoms with E-state index in [1.54, 1.807) is 4.31 Å². The van der Waals surface area contributed by atoms with Crippen molar-refractivity contribution in [1.29, 1.82) is 0 Å². The molecule has 152 valence electrons. The number of piperidine rings is 1. The van der Waals surface area contributed by atoms with Crippen molar-refractivity contribution in [2.45, 2.75) is 58.8 Å². The molecule has 2 aliphatic rings. The van der Waals surface area contributed by atoms with Gasteiger partial charge in [-0.2, -0.15) is 0 Å². The minimum atomic E-state index is -3.04. The summed E-state index contributed by atoms with van der Waals surface area (Å²) in [5, 5.41) is 7.02. The molecule has 0 aromatic carbocycles. The van der Waals surface area contributed by atoms with E-state index in [9.17, 15) is 8.42 Å². The van der Waals surface area contributed by atoms with Gasteiger partial charge in [-0.05, 0) is 49.4 Å². The fourth-order valence-electron chi connectivity index (χ4n) is 4.62. The van der Waals surface area contributed by atoms with Gasteiger partial charge in [0.25, 0.3) is 0 Å². The minimum absolute atomic E-state index is 0.423. The zero-order valence-corrected chi connectivity index (χ0v) is 17.9. The van der Waals surface area contributed by atoms with Gasteiger partial charge in [0.15, 0.2) is 5.96 Å². The Morgan fingerprint density at radius 3 is 2.31 bits per heavy atom. The molecule has 1 saturated carbocycles. The number of rotatable bonds is 7. The number of hydrogen-bond acceptors (Lipinski definition) is 3. The Labute approximate surface area is 160 Å². The Morgan fingerprint density at radius 2 is 1.81 bits per heavy atom. The Morgan fingerprint density at radius 1 is 1.19 bits per heavy atom. The van der Waals surface area contributed by atoms with Crippen molar-refractivity contribution in [2.24, 2.45) is 22.2 Å². The average molecular weight is 387 g/mol. The Bertz CT molecular complexity index is 560. The van der Waals surface area contributed by atoms with Crippen LogP contribution in [-0.2, 0) is 10.0 Å². The molecule has 2 fully saturated rings. The van der Waals surface area contributed by atoms with Gasteiger partial charge in [-0.1, -0.05) is 26.7 Å². The van der Waals surface area contributed by atoms with E-state index in [0.717, 1.165) is 37.8 Å². The van der Waals surface area contributed by atoms with Crippen molar-refractivity contribution in [3.63, 3.8) is 0 Å². The summed E-state index contributed by atoms with van der Waals surface area (Å²) in [5.74, 6) is 2.11. The summed E-state index contributed by atoms with van der Waals surface area (Å²) in [6.45, 7) is 7.75. The van der Waals surface area contributed by atoms with Gasteiger partial charge < -0.3 is 10.6 Å². The molecule has 2 N–H and O–H groups in total. The van der Waals surface area contributed by atoms with E-state index >= 15 is 0 Å². The van der Waals surface area contributed by atoms with Gasteiger partial charge in [-0.15, -0.1) is 0 Å². The van der Waals surface area contributed by atoms with Crippen LogP contribution < -0.4 is 10.6 Å². The normalized spacial score (nSPS) is 22.7. The fraction of sp³-hybridized carbons (Fsp3) is 0.947. The van der Waals surface area contributed by atoms with Crippen molar-refractivity contribution in [3.05, 3.63) is 0 Å². The first-order chi connectivity index (χ1) is 12.2. The molecule has 0 amide bonds. The van der Waals surface area contributed by atoms with Crippen molar-refractivity contribution in [1.82, 2.24) is 14.9 Å². The number of aliphatic imine (C=N–C) groups is 1. The third kappa shape index (κ3) is 6.41. The predicted molar refractivity (Wildman–Crippen MR) is 109 cm³/mol. The highest BCUT2D eigenvalue weighted by Crippen LogP contribution is 2.42. The average Bonchev–Trinajstić information content (AvgIpc) is 3.02. The van der Waals surface area contributed by atoms with Gasteiger partial charge in [0.05, 0.1) is 6.26 Å². The minimum Gasteiger partial charge on any atom is -0.356 e. The first-order valence-corrected chi connectivity index (χ1v) is 12.0. The zero-order valence-electron chi connectivity index (χ0n) is 17.1. The topological polar surface area (TPSA) is 73.8 Å². The van der Waals surface area contributed by atoms with E-state index in [0.29, 0.717) is 24.4 Å². The molecule has 1 heterocycles. The van der Waals surface area contributed by atoms with Gasteiger partial charge in [-0.25, -0.2) is 12.7 Å².